The summed E-state index contributed by atoms with van der Waals surface area (Å²) < 4.78 is 0. The van der Waals surface area contributed by atoms with Gasteiger partial charge in [0.05, 0.1) is 6.42 Å². The van der Waals surface area contributed by atoms with Gasteiger partial charge >= 0.3 is 5.97 Å². The molecule has 16 heavy (non-hydrogen) atoms. The number of carboxylic acid groups (broad SMARTS) is 1. The molecule has 2 amide bonds. The monoisotopic (exact) mass is 228 g/mol. The largest absolute Gasteiger partial charge is 0.481 e. The molecule has 90 valence electrons. The number of carboxylic acids is 1. The maximum atomic E-state index is 11.7. The van der Waals surface area contributed by atoms with Crippen LogP contribution in [0.25, 0.3) is 0 Å². The van der Waals surface area contributed by atoms with Crippen molar-refractivity contribution in [3.63, 3.8) is 0 Å². The van der Waals surface area contributed by atoms with Crippen LogP contribution < -0.4 is 5.32 Å². The molecule has 1 unspecified atom stereocenters. The van der Waals surface area contributed by atoms with E-state index in [2.05, 4.69) is 5.32 Å². The predicted molar refractivity (Wildman–Crippen MR) is 55.6 cm³/mol. The Bertz CT molecular complexity index is 310. The van der Waals surface area contributed by atoms with Gasteiger partial charge in [0.15, 0.2) is 0 Å². The van der Waals surface area contributed by atoms with Crippen LogP contribution in [0.2, 0.25) is 0 Å². The van der Waals surface area contributed by atoms with Crippen molar-refractivity contribution in [2.24, 2.45) is 5.92 Å². The molecule has 1 fully saturated rings. The number of hydrogen-bond donors (Lipinski definition) is 2. The first kappa shape index (κ1) is 12.5. The molecule has 0 aromatic heterocycles. The highest BCUT2D eigenvalue weighted by Crippen LogP contribution is 2.19. The molecule has 2 N–H and O–H groups in total. The normalized spacial score (nSPS) is 17.5. The maximum absolute atomic E-state index is 11.7. The lowest BCUT2D eigenvalue weighted by atomic mass is 9.95. The Morgan fingerprint density at radius 2 is 2.00 bits per heavy atom. The van der Waals surface area contributed by atoms with E-state index in [1.54, 1.807) is 11.8 Å². The molecule has 0 radical (unpaired) electrons. The molecule has 0 spiro atoms. The van der Waals surface area contributed by atoms with Gasteiger partial charge in [0.1, 0.15) is 6.04 Å². The molecule has 0 aromatic carbocycles. The third-order valence-electron chi connectivity index (χ3n) is 2.52. The highest BCUT2D eigenvalue weighted by atomic mass is 16.4. The molecule has 1 saturated heterocycles. The van der Waals surface area contributed by atoms with Gasteiger partial charge in [-0.25, -0.2) is 0 Å². The van der Waals surface area contributed by atoms with E-state index in [1.807, 2.05) is 0 Å². The van der Waals surface area contributed by atoms with Crippen molar-refractivity contribution in [2.45, 2.75) is 26.3 Å². The Morgan fingerprint density at radius 3 is 2.44 bits per heavy atom. The zero-order valence-electron chi connectivity index (χ0n) is 9.40. The quantitative estimate of drug-likeness (QED) is 0.675. The summed E-state index contributed by atoms with van der Waals surface area (Å²) in [6.45, 7) is 3.91. The molecule has 1 rings (SSSR count). The van der Waals surface area contributed by atoms with Crippen molar-refractivity contribution in [3.05, 3.63) is 0 Å². The minimum Gasteiger partial charge on any atom is -0.481 e. The van der Waals surface area contributed by atoms with Gasteiger partial charge in [-0.1, -0.05) is 0 Å². The molecule has 1 aliphatic heterocycles. The summed E-state index contributed by atoms with van der Waals surface area (Å²) >= 11 is 0. The fourth-order valence-corrected chi connectivity index (χ4v) is 1.77. The van der Waals surface area contributed by atoms with Crippen LogP contribution in [-0.2, 0) is 14.4 Å². The molecular formula is C10H16N2O4. The standard InChI is InChI=1S/C10H16N2O4/c1-6(11-7(2)13)10(16)12-4-8(5-12)3-9(14)15/h6,8H,3-5H2,1-2H3,(H,11,13)(H,14,15). The average Bonchev–Trinajstić information content (AvgIpc) is 2.07. The number of aliphatic carboxylic acids is 1. The number of likely N-dealkylation sites (tertiary alicyclic amines) is 1. The second kappa shape index (κ2) is 4.96. The van der Waals surface area contributed by atoms with E-state index >= 15 is 0 Å². The fourth-order valence-electron chi connectivity index (χ4n) is 1.77. The van der Waals surface area contributed by atoms with Crippen LogP contribution >= 0.6 is 0 Å². The number of nitrogens with zero attached hydrogens (tertiary/aromatic N) is 1. The number of rotatable bonds is 4. The predicted octanol–water partition coefficient (Wildman–Crippen LogP) is -0.556. The summed E-state index contributed by atoms with van der Waals surface area (Å²) in [7, 11) is 0. The Hall–Kier alpha value is -1.59. The third-order valence-corrected chi connectivity index (χ3v) is 2.52. The highest BCUT2D eigenvalue weighted by Gasteiger charge is 2.34. The lowest BCUT2D eigenvalue weighted by molar-refractivity contribution is -0.146. The molecule has 6 nitrogen and oxygen atoms in total. The molecule has 6 heteroatoms. The van der Waals surface area contributed by atoms with E-state index < -0.39 is 12.0 Å². The zero-order chi connectivity index (χ0) is 12.3. The Morgan fingerprint density at radius 1 is 1.44 bits per heavy atom. The summed E-state index contributed by atoms with van der Waals surface area (Å²) in [5.41, 5.74) is 0. The average molecular weight is 228 g/mol. The lowest BCUT2D eigenvalue weighted by Crippen LogP contribution is -2.56. The van der Waals surface area contributed by atoms with Crippen molar-refractivity contribution >= 4 is 17.8 Å². The summed E-state index contributed by atoms with van der Waals surface area (Å²) in [6.07, 6.45) is 0.0955. The van der Waals surface area contributed by atoms with E-state index in [1.165, 1.54) is 6.92 Å². The minimum absolute atomic E-state index is 0.0472. The number of carbonyl (C=O) groups excluding carboxylic acids is 2. The van der Waals surface area contributed by atoms with Crippen molar-refractivity contribution in [1.29, 1.82) is 0 Å². The Kier molecular flexibility index (Phi) is 3.87. The fraction of sp³-hybridized carbons (Fsp3) is 0.700. The van der Waals surface area contributed by atoms with Crippen LogP contribution in [0.4, 0.5) is 0 Å². The van der Waals surface area contributed by atoms with Crippen molar-refractivity contribution in [1.82, 2.24) is 10.2 Å². The summed E-state index contributed by atoms with van der Waals surface area (Å²) in [5, 5.41) is 11.0. The van der Waals surface area contributed by atoms with Crippen LogP contribution in [-0.4, -0.2) is 46.9 Å². The van der Waals surface area contributed by atoms with E-state index in [4.69, 9.17) is 5.11 Å². The summed E-state index contributed by atoms with van der Waals surface area (Å²) in [5.74, 6) is -1.20. The third kappa shape index (κ3) is 3.22. The van der Waals surface area contributed by atoms with Gasteiger partial charge in [0.25, 0.3) is 0 Å². The molecule has 0 aromatic rings. The molecule has 0 saturated carbocycles. The van der Waals surface area contributed by atoms with Crippen LogP contribution in [0.15, 0.2) is 0 Å². The van der Waals surface area contributed by atoms with Crippen LogP contribution in [0, 0.1) is 5.92 Å². The molecule has 1 aliphatic rings. The van der Waals surface area contributed by atoms with Crippen LogP contribution in [0.1, 0.15) is 20.3 Å². The van der Waals surface area contributed by atoms with E-state index in [0.717, 1.165) is 0 Å². The Labute approximate surface area is 93.6 Å². The first-order valence-corrected chi connectivity index (χ1v) is 5.18. The van der Waals surface area contributed by atoms with Crippen molar-refractivity contribution in [2.75, 3.05) is 13.1 Å². The van der Waals surface area contributed by atoms with Crippen LogP contribution in [0.5, 0.6) is 0 Å². The number of carbonyl (C=O) groups is 3. The van der Waals surface area contributed by atoms with Gasteiger partial charge in [-0.2, -0.15) is 0 Å². The van der Waals surface area contributed by atoms with Gasteiger partial charge in [0.2, 0.25) is 11.8 Å². The topological polar surface area (TPSA) is 86.7 Å². The smallest absolute Gasteiger partial charge is 0.303 e. The first-order chi connectivity index (χ1) is 7.40. The Balaban J connectivity index is 2.31. The van der Waals surface area contributed by atoms with Crippen molar-refractivity contribution < 1.29 is 19.5 Å². The lowest BCUT2D eigenvalue weighted by Gasteiger charge is -2.40. The summed E-state index contributed by atoms with van der Waals surface area (Å²) in [4.78, 5) is 34.4. The number of amides is 2. The van der Waals surface area contributed by atoms with Gasteiger partial charge in [-0.15, -0.1) is 0 Å². The minimum atomic E-state index is -0.841. The zero-order valence-corrected chi connectivity index (χ0v) is 9.40. The number of hydrogen-bond acceptors (Lipinski definition) is 3. The SMILES string of the molecule is CC(=O)NC(C)C(=O)N1CC(CC(=O)O)C1. The first-order valence-electron chi connectivity index (χ1n) is 5.18. The van der Waals surface area contributed by atoms with E-state index in [0.29, 0.717) is 13.1 Å². The van der Waals surface area contributed by atoms with Crippen molar-refractivity contribution in [3.8, 4) is 0 Å². The van der Waals surface area contributed by atoms with E-state index in [-0.39, 0.29) is 24.2 Å². The number of nitrogens with one attached hydrogen (secondary N) is 1. The van der Waals surface area contributed by atoms with Crippen LogP contribution in [0.3, 0.4) is 0 Å². The second-order valence-corrected chi connectivity index (χ2v) is 4.13. The second-order valence-electron chi connectivity index (χ2n) is 4.13. The molecule has 0 aliphatic carbocycles. The maximum Gasteiger partial charge on any atom is 0.303 e. The van der Waals surface area contributed by atoms with Gasteiger partial charge < -0.3 is 15.3 Å². The van der Waals surface area contributed by atoms with E-state index in [9.17, 15) is 14.4 Å². The molecule has 0 bridgehead atoms. The molecule has 1 heterocycles. The summed E-state index contributed by atoms with van der Waals surface area (Å²) in [6, 6.07) is -0.539. The molecule has 1 atom stereocenters. The van der Waals surface area contributed by atoms with Gasteiger partial charge in [-0.3, -0.25) is 14.4 Å². The van der Waals surface area contributed by atoms with Gasteiger partial charge in [-0.05, 0) is 6.92 Å². The van der Waals surface area contributed by atoms with Gasteiger partial charge in [0, 0.05) is 25.9 Å². The molecular weight excluding hydrogens is 212 g/mol. The highest BCUT2D eigenvalue weighted by molar-refractivity contribution is 5.87.